The molecule has 0 unspecified atom stereocenters. The van der Waals surface area contributed by atoms with Crippen molar-refractivity contribution in [3.05, 3.63) is 0 Å². The van der Waals surface area contributed by atoms with Gasteiger partial charge in [-0.3, -0.25) is 5.43 Å². The van der Waals surface area contributed by atoms with Gasteiger partial charge in [-0.2, -0.15) is 0 Å². The van der Waals surface area contributed by atoms with Crippen molar-refractivity contribution in [1.29, 1.82) is 0 Å². The Morgan fingerprint density at radius 3 is 2.10 bits per heavy atom. The summed E-state index contributed by atoms with van der Waals surface area (Å²) in [4.78, 5) is 0. The van der Waals surface area contributed by atoms with E-state index < -0.39 is 0 Å². The lowest BCUT2D eigenvalue weighted by molar-refractivity contribution is -0.902. The van der Waals surface area contributed by atoms with Crippen LogP contribution in [0.15, 0.2) is 0 Å². The predicted molar refractivity (Wildman–Crippen MR) is 42.5 cm³/mol. The molecule has 10 heavy (non-hydrogen) atoms. The highest BCUT2D eigenvalue weighted by molar-refractivity contribution is 4.76. The number of quaternary nitrogens is 1. The third-order valence-electron chi connectivity index (χ3n) is 2.27. The lowest BCUT2D eigenvalue weighted by Crippen LogP contribution is -2.66. The molecule has 1 rings (SSSR count). The van der Waals surface area contributed by atoms with Crippen LogP contribution in [0.2, 0.25) is 0 Å². The average molecular weight is 144 g/mol. The van der Waals surface area contributed by atoms with Gasteiger partial charge in [-0.1, -0.05) is 0 Å². The number of hydrazine groups is 1. The largest absolute Gasteiger partial charge is 0.326 e. The summed E-state index contributed by atoms with van der Waals surface area (Å²) in [5.41, 5.74) is 3.13. The fraction of sp³-hybridized carbons (Fsp3) is 1.00. The summed E-state index contributed by atoms with van der Waals surface area (Å²) in [5, 5.41) is 2.23. The van der Waals surface area contributed by atoms with Gasteiger partial charge in [0, 0.05) is 0 Å². The summed E-state index contributed by atoms with van der Waals surface area (Å²) in [6, 6.07) is 0.812. The molecule has 0 aromatic rings. The summed E-state index contributed by atoms with van der Waals surface area (Å²) in [5.74, 6) is 0. The van der Waals surface area contributed by atoms with Crippen LogP contribution in [0.25, 0.3) is 0 Å². The summed E-state index contributed by atoms with van der Waals surface area (Å²) >= 11 is 0. The number of likely N-dealkylation sites (N-methyl/N-ethyl adjacent to an activating group) is 1. The Balaban J connectivity index is 2.26. The van der Waals surface area contributed by atoms with Gasteiger partial charge < -0.3 is 4.48 Å². The smallest absolute Gasteiger partial charge is 0.117 e. The van der Waals surface area contributed by atoms with Crippen molar-refractivity contribution in [1.82, 2.24) is 10.4 Å². The molecule has 0 radical (unpaired) electrons. The lowest BCUT2D eigenvalue weighted by atomic mass is 10.1. The molecule has 0 saturated carbocycles. The van der Waals surface area contributed by atoms with E-state index in [-0.39, 0.29) is 0 Å². The summed E-state index contributed by atoms with van der Waals surface area (Å²) in [6.45, 7) is 2.36. The van der Waals surface area contributed by atoms with Crippen molar-refractivity contribution in [3.63, 3.8) is 0 Å². The number of rotatable bonds is 2. The maximum absolute atomic E-state index is 3.13. The third-order valence-corrected chi connectivity index (χ3v) is 2.27. The van der Waals surface area contributed by atoms with E-state index in [0.29, 0.717) is 0 Å². The minimum absolute atomic E-state index is 0.812. The molecule has 1 heterocycles. The number of hydrogen-bond acceptors (Lipinski definition) is 2. The Morgan fingerprint density at radius 1 is 1.30 bits per heavy atom. The second-order valence-corrected chi connectivity index (χ2v) is 3.90. The van der Waals surface area contributed by atoms with E-state index in [4.69, 9.17) is 0 Å². The van der Waals surface area contributed by atoms with Crippen molar-refractivity contribution in [3.8, 4) is 0 Å². The van der Waals surface area contributed by atoms with Crippen LogP contribution < -0.4 is 5.43 Å². The van der Waals surface area contributed by atoms with Crippen LogP contribution in [0.3, 0.4) is 0 Å². The molecule has 0 aliphatic carbocycles. The van der Waals surface area contributed by atoms with Crippen LogP contribution in [0.4, 0.5) is 0 Å². The van der Waals surface area contributed by atoms with Crippen LogP contribution in [0.1, 0.15) is 0 Å². The van der Waals surface area contributed by atoms with Gasteiger partial charge in [0.05, 0.1) is 34.2 Å². The van der Waals surface area contributed by atoms with Gasteiger partial charge in [-0.15, -0.1) is 0 Å². The average Bonchev–Trinajstić information content (AvgIpc) is 1.57. The fourth-order valence-electron chi connectivity index (χ4n) is 1.13. The molecular weight excluding hydrogens is 126 g/mol. The first-order valence-corrected chi connectivity index (χ1v) is 3.77. The third kappa shape index (κ3) is 1.48. The fourth-order valence-corrected chi connectivity index (χ4v) is 1.13. The van der Waals surface area contributed by atoms with E-state index in [1.54, 1.807) is 0 Å². The van der Waals surface area contributed by atoms with Gasteiger partial charge in [0.2, 0.25) is 0 Å². The second-order valence-electron chi connectivity index (χ2n) is 3.90. The van der Waals surface area contributed by atoms with E-state index in [2.05, 4.69) is 31.6 Å². The Bertz CT molecular complexity index is 111. The van der Waals surface area contributed by atoms with Crippen LogP contribution in [0, 0.1) is 0 Å². The van der Waals surface area contributed by atoms with Gasteiger partial charge >= 0.3 is 0 Å². The van der Waals surface area contributed by atoms with Crippen LogP contribution in [0.5, 0.6) is 0 Å². The first kappa shape index (κ1) is 7.98. The zero-order valence-corrected chi connectivity index (χ0v) is 7.39. The number of hydrogen-bond donors (Lipinski definition) is 1. The quantitative estimate of drug-likeness (QED) is 0.526. The summed E-state index contributed by atoms with van der Waals surface area (Å²) in [7, 11) is 8.72. The highest BCUT2D eigenvalue weighted by Crippen LogP contribution is 2.13. The maximum atomic E-state index is 3.13. The highest BCUT2D eigenvalue weighted by Gasteiger charge is 2.35. The normalized spacial score (nSPS) is 22.8. The Kier molecular flexibility index (Phi) is 1.99. The van der Waals surface area contributed by atoms with Crippen molar-refractivity contribution in [2.75, 3.05) is 41.3 Å². The van der Waals surface area contributed by atoms with E-state index in [9.17, 15) is 0 Å². The monoisotopic (exact) mass is 144 g/mol. The molecular formula is C7H18N3+. The molecule has 1 saturated heterocycles. The lowest BCUT2D eigenvalue weighted by Gasteiger charge is -2.46. The highest BCUT2D eigenvalue weighted by atomic mass is 15.6. The molecule has 1 N–H and O–H groups in total. The van der Waals surface area contributed by atoms with Gasteiger partial charge in [0.25, 0.3) is 0 Å². The molecule has 0 aromatic heterocycles. The van der Waals surface area contributed by atoms with Crippen molar-refractivity contribution >= 4 is 0 Å². The van der Waals surface area contributed by atoms with Crippen LogP contribution >= 0.6 is 0 Å². The molecule has 0 bridgehead atoms. The molecule has 0 atom stereocenters. The summed E-state index contributed by atoms with van der Waals surface area (Å²) in [6.07, 6.45) is 0. The van der Waals surface area contributed by atoms with Crippen molar-refractivity contribution in [2.45, 2.75) is 6.04 Å². The Hall–Kier alpha value is -0.120. The van der Waals surface area contributed by atoms with Crippen molar-refractivity contribution < 1.29 is 4.48 Å². The number of nitrogens with one attached hydrogen (secondary N) is 1. The van der Waals surface area contributed by atoms with Crippen LogP contribution in [-0.4, -0.2) is 56.8 Å². The molecule has 1 fully saturated rings. The zero-order chi connectivity index (χ0) is 7.78. The molecule has 0 spiro atoms. The first-order valence-electron chi connectivity index (χ1n) is 3.77. The standard InChI is InChI=1S/C7H18N3/c1-8-9-5-7(6-9)10(2,3)4/h7-8H,5-6H2,1-4H3/q+1. The molecule has 3 heteroatoms. The van der Waals surface area contributed by atoms with E-state index >= 15 is 0 Å². The van der Waals surface area contributed by atoms with E-state index in [1.807, 2.05) is 7.05 Å². The maximum Gasteiger partial charge on any atom is 0.117 e. The molecule has 0 amide bonds. The van der Waals surface area contributed by atoms with E-state index in [1.165, 1.54) is 13.1 Å². The molecule has 60 valence electrons. The van der Waals surface area contributed by atoms with E-state index in [0.717, 1.165) is 10.5 Å². The van der Waals surface area contributed by atoms with Gasteiger partial charge in [-0.05, 0) is 7.05 Å². The summed E-state index contributed by atoms with van der Waals surface area (Å²) < 4.78 is 1.08. The van der Waals surface area contributed by atoms with Gasteiger partial charge in [0.15, 0.2) is 0 Å². The SMILES string of the molecule is CNN1CC([N+](C)(C)C)C1. The second kappa shape index (κ2) is 2.49. The first-order chi connectivity index (χ1) is 4.54. The van der Waals surface area contributed by atoms with Gasteiger partial charge in [0.1, 0.15) is 6.04 Å². The minimum atomic E-state index is 0.812. The minimum Gasteiger partial charge on any atom is -0.326 e. The molecule has 3 nitrogen and oxygen atoms in total. The number of nitrogens with zero attached hydrogens (tertiary/aromatic N) is 2. The molecule has 0 aromatic carbocycles. The molecule has 1 aliphatic heterocycles. The van der Waals surface area contributed by atoms with Gasteiger partial charge in [-0.25, -0.2) is 5.01 Å². The zero-order valence-electron chi connectivity index (χ0n) is 7.39. The Labute approximate surface area is 63.2 Å². The predicted octanol–water partition coefficient (Wildman–Crippen LogP) is -0.489. The van der Waals surface area contributed by atoms with Crippen LogP contribution in [-0.2, 0) is 0 Å². The topological polar surface area (TPSA) is 15.3 Å². The van der Waals surface area contributed by atoms with Crippen molar-refractivity contribution in [2.24, 2.45) is 0 Å². The Morgan fingerprint density at radius 2 is 1.80 bits per heavy atom. The molecule has 1 aliphatic rings.